The summed E-state index contributed by atoms with van der Waals surface area (Å²) in [6, 6.07) is 5.86. The highest BCUT2D eigenvalue weighted by molar-refractivity contribution is 9.10. The Kier molecular flexibility index (Phi) is 5.59. The maximum atomic E-state index is 5.74. The van der Waals surface area contributed by atoms with Crippen LogP contribution in [0.3, 0.4) is 0 Å². The first-order valence-corrected chi connectivity index (χ1v) is 4.87. The van der Waals surface area contributed by atoms with Crippen LogP contribution in [0.1, 0.15) is 18.7 Å². The highest BCUT2D eigenvalue weighted by Crippen LogP contribution is 2.16. The predicted molar refractivity (Wildman–Crippen MR) is 70.0 cm³/mol. The molecule has 3 nitrogen and oxygen atoms in total. The van der Waals surface area contributed by atoms with Gasteiger partial charge in [0.1, 0.15) is 5.65 Å². The number of pyridine rings is 1. The third-order valence-electron chi connectivity index (χ3n) is 1.93. The van der Waals surface area contributed by atoms with Crippen LogP contribution in [0, 0.1) is 0 Å². The van der Waals surface area contributed by atoms with Gasteiger partial charge in [0.05, 0.1) is 10.3 Å². The van der Waals surface area contributed by atoms with E-state index in [1.807, 2.05) is 35.7 Å². The Bertz CT molecular complexity index is 442. The molecule has 0 amide bonds. The first kappa shape index (κ1) is 14.7. The molecule has 84 valence electrons. The van der Waals surface area contributed by atoms with Crippen LogP contribution in [-0.2, 0) is 0 Å². The number of halogens is 3. The van der Waals surface area contributed by atoms with Crippen molar-refractivity contribution in [1.82, 2.24) is 9.38 Å². The highest BCUT2D eigenvalue weighted by atomic mass is 79.9. The molecule has 0 radical (unpaired) electrons. The number of fused-ring (bicyclic) bond motifs is 1. The van der Waals surface area contributed by atoms with Crippen molar-refractivity contribution in [3.8, 4) is 0 Å². The van der Waals surface area contributed by atoms with Crippen LogP contribution in [0.15, 0.2) is 29.0 Å². The molecule has 2 aromatic heterocycles. The van der Waals surface area contributed by atoms with Crippen molar-refractivity contribution < 1.29 is 0 Å². The second-order valence-corrected chi connectivity index (χ2v) is 3.84. The van der Waals surface area contributed by atoms with Crippen molar-refractivity contribution in [3.63, 3.8) is 0 Å². The average molecular weight is 313 g/mol. The second-order valence-electron chi connectivity index (χ2n) is 3.03. The lowest BCUT2D eigenvalue weighted by atomic mass is 10.3. The minimum absolute atomic E-state index is 0. The van der Waals surface area contributed by atoms with Gasteiger partial charge in [-0.1, -0.05) is 6.07 Å². The van der Waals surface area contributed by atoms with E-state index in [4.69, 9.17) is 5.73 Å². The molecule has 0 bridgehead atoms. The van der Waals surface area contributed by atoms with Crippen LogP contribution in [0.25, 0.3) is 5.65 Å². The number of hydrogen-bond donors (Lipinski definition) is 1. The van der Waals surface area contributed by atoms with E-state index < -0.39 is 0 Å². The second kappa shape index (κ2) is 5.70. The Hall–Kier alpha value is -0.290. The fourth-order valence-corrected chi connectivity index (χ4v) is 1.65. The first-order valence-electron chi connectivity index (χ1n) is 4.07. The maximum absolute atomic E-state index is 5.74. The molecule has 2 aromatic rings. The largest absolute Gasteiger partial charge is 0.323 e. The van der Waals surface area contributed by atoms with Crippen molar-refractivity contribution in [3.05, 3.63) is 34.7 Å². The zero-order valence-corrected chi connectivity index (χ0v) is 11.3. The Morgan fingerprint density at radius 1 is 1.40 bits per heavy atom. The van der Waals surface area contributed by atoms with E-state index in [0.29, 0.717) is 0 Å². The standard InChI is InChI=1S/C9H10BrN3.2ClH/c1-6(11)7-5-13-8(10)3-2-4-9(13)12-7;;/h2-6H,11H2,1H3;2*1H/t6-;;/m1../s1. The summed E-state index contributed by atoms with van der Waals surface area (Å²) in [7, 11) is 0. The minimum atomic E-state index is -0.0215. The molecule has 0 aliphatic rings. The lowest BCUT2D eigenvalue weighted by Gasteiger charge is -1.96. The van der Waals surface area contributed by atoms with Crippen molar-refractivity contribution in [1.29, 1.82) is 0 Å². The van der Waals surface area contributed by atoms with E-state index in [9.17, 15) is 0 Å². The summed E-state index contributed by atoms with van der Waals surface area (Å²) in [5.74, 6) is 0. The number of rotatable bonds is 1. The van der Waals surface area contributed by atoms with Gasteiger partial charge in [0.15, 0.2) is 0 Å². The summed E-state index contributed by atoms with van der Waals surface area (Å²) < 4.78 is 2.96. The predicted octanol–water partition coefficient (Wildman–Crippen LogP) is 2.96. The summed E-state index contributed by atoms with van der Waals surface area (Å²) >= 11 is 3.44. The lowest BCUT2D eigenvalue weighted by Crippen LogP contribution is -2.04. The fraction of sp³-hybridized carbons (Fsp3) is 0.222. The number of nitrogens with two attached hydrogens (primary N) is 1. The van der Waals surface area contributed by atoms with Crippen LogP contribution in [0.2, 0.25) is 0 Å². The van der Waals surface area contributed by atoms with Crippen molar-refractivity contribution >= 4 is 46.4 Å². The van der Waals surface area contributed by atoms with Gasteiger partial charge >= 0.3 is 0 Å². The fourth-order valence-electron chi connectivity index (χ4n) is 1.22. The van der Waals surface area contributed by atoms with E-state index in [0.717, 1.165) is 15.9 Å². The summed E-state index contributed by atoms with van der Waals surface area (Å²) in [4.78, 5) is 4.38. The topological polar surface area (TPSA) is 43.3 Å². The normalized spacial score (nSPS) is 11.7. The lowest BCUT2D eigenvalue weighted by molar-refractivity contribution is 0.790. The quantitative estimate of drug-likeness (QED) is 0.823. The monoisotopic (exact) mass is 311 g/mol. The van der Waals surface area contributed by atoms with Gasteiger partial charge in [0.25, 0.3) is 0 Å². The van der Waals surface area contributed by atoms with Crippen LogP contribution in [-0.4, -0.2) is 9.38 Å². The Morgan fingerprint density at radius 2 is 2.07 bits per heavy atom. The van der Waals surface area contributed by atoms with Gasteiger partial charge in [0.2, 0.25) is 0 Å². The van der Waals surface area contributed by atoms with E-state index in [2.05, 4.69) is 20.9 Å². The molecule has 15 heavy (non-hydrogen) atoms. The Balaban J connectivity index is 0.000000980. The molecule has 2 rings (SSSR count). The number of nitrogens with zero attached hydrogens (tertiary/aromatic N) is 2. The molecule has 2 heterocycles. The molecule has 0 aliphatic carbocycles. The zero-order chi connectivity index (χ0) is 9.42. The highest BCUT2D eigenvalue weighted by Gasteiger charge is 2.06. The number of aromatic nitrogens is 2. The summed E-state index contributed by atoms with van der Waals surface area (Å²) in [6.07, 6.45) is 1.95. The average Bonchev–Trinajstić information content (AvgIpc) is 2.49. The molecule has 0 unspecified atom stereocenters. The first-order chi connectivity index (χ1) is 6.18. The SMILES string of the molecule is C[C@@H](N)c1cn2c(Br)cccc2n1.Cl.Cl. The van der Waals surface area contributed by atoms with Gasteiger partial charge in [-0.3, -0.25) is 4.40 Å². The molecular formula is C9H12BrCl2N3. The third kappa shape index (κ3) is 2.84. The molecule has 0 saturated carbocycles. The molecular weight excluding hydrogens is 301 g/mol. The molecule has 0 aromatic carbocycles. The Labute approximate surface area is 109 Å². The van der Waals surface area contributed by atoms with Crippen LogP contribution >= 0.6 is 40.7 Å². The smallest absolute Gasteiger partial charge is 0.137 e. The van der Waals surface area contributed by atoms with Gasteiger partial charge in [-0.2, -0.15) is 0 Å². The summed E-state index contributed by atoms with van der Waals surface area (Å²) in [5, 5.41) is 0. The minimum Gasteiger partial charge on any atom is -0.323 e. The van der Waals surface area contributed by atoms with Crippen LogP contribution in [0.5, 0.6) is 0 Å². The van der Waals surface area contributed by atoms with Crippen LogP contribution in [0.4, 0.5) is 0 Å². The van der Waals surface area contributed by atoms with Crippen LogP contribution < -0.4 is 5.73 Å². The molecule has 6 heteroatoms. The maximum Gasteiger partial charge on any atom is 0.137 e. The number of hydrogen-bond acceptors (Lipinski definition) is 2. The Morgan fingerprint density at radius 3 is 2.60 bits per heavy atom. The van der Waals surface area contributed by atoms with Crippen molar-refractivity contribution in [2.45, 2.75) is 13.0 Å². The van der Waals surface area contributed by atoms with Crippen molar-refractivity contribution in [2.75, 3.05) is 0 Å². The van der Waals surface area contributed by atoms with E-state index in [1.54, 1.807) is 0 Å². The van der Waals surface area contributed by atoms with E-state index in [1.165, 1.54) is 0 Å². The van der Waals surface area contributed by atoms with Gasteiger partial charge < -0.3 is 5.73 Å². The van der Waals surface area contributed by atoms with Gasteiger partial charge in [-0.15, -0.1) is 24.8 Å². The molecule has 0 saturated heterocycles. The summed E-state index contributed by atoms with van der Waals surface area (Å²) in [5.41, 5.74) is 7.56. The van der Waals surface area contributed by atoms with Gasteiger partial charge in [-0.05, 0) is 35.0 Å². The number of imidazole rings is 1. The molecule has 2 N–H and O–H groups in total. The van der Waals surface area contributed by atoms with E-state index >= 15 is 0 Å². The molecule has 0 aliphatic heterocycles. The molecule has 0 spiro atoms. The zero-order valence-electron chi connectivity index (χ0n) is 8.05. The molecule has 1 atom stereocenters. The third-order valence-corrected chi connectivity index (χ3v) is 2.57. The van der Waals surface area contributed by atoms with Crippen molar-refractivity contribution in [2.24, 2.45) is 5.73 Å². The van der Waals surface area contributed by atoms with E-state index in [-0.39, 0.29) is 30.9 Å². The van der Waals surface area contributed by atoms with Gasteiger partial charge in [-0.25, -0.2) is 4.98 Å². The summed E-state index contributed by atoms with van der Waals surface area (Å²) in [6.45, 7) is 1.93. The molecule has 0 fully saturated rings. The van der Waals surface area contributed by atoms with Gasteiger partial charge in [0, 0.05) is 12.2 Å².